The number of allylic oxidation sites excluding steroid dienone is 1. The number of fused-ring (bicyclic) bond motifs is 5. The number of aliphatic hydroxyl groups is 1. The van der Waals surface area contributed by atoms with E-state index in [9.17, 15) is 9.90 Å². The average Bonchev–Trinajstić information content (AvgIpc) is 3.69. The monoisotopic (exact) mass is 934 g/mol. The molecule has 3 aliphatic carbocycles. The number of nitrogens with zero attached hydrogens (tertiary/aromatic N) is 3. The predicted octanol–water partition coefficient (Wildman–Crippen LogP) is 10.4. The van der Waals surface area contributed by atoms with E-state index in [1.165, 1.54) is 4.90 Å². The summed E-state index contributed by atoms with van der Waals surface area (Å²) in [5, 5.41) is 20.6. The van der Waals surface area contributed by atoms with Gasteiger partial charge in [0.2, 0.25) is 5.78 Å². The first-order chi connectivity index (χ1) is 31.6. The van der Waals surface area contributed by atoms with E-state index in [0.717, 1.165) is 11.1 Å². The van der Waals surface area contributed by atoms with Gasteiger partial charge in [0.05, 0.1) is 17.3 Å². The molecule has 5 atom stereocenters. The number of nitrogens with one attached hydrogen (secondary N) is 1. The van der Waals surface area contributed by atoms with Crippen LogP contribution in [0.1, 0.15) is 115 Å². The summed E-state index contributed by atoms with van der Waals surface area (Å²) in [5.41, 5.74) is -1.22. The second-order valence-corrected chi connectivity index (χ2v) is 25.6. The smallest absolute Gasteiger partial charge is 0.414 e. The molecule has 4 aromatic rings. The molecule has 67 heavy (non-hydrogen) atoms. The van der Waals surface area contributed by atoms with Gasteiger partial charge in [-0.25, -0.2) is 9.18 Å². The summed E-state index contributed by atoms with van der Waals surface area (Å²) in [6.45, 7) is 19.7. The Kier molecular flexibility index (Phi) is 12.7. The third kappa shape index (κ3) is 8.42. The Morgan fingerprint density at radius 2 is 1.64 bits per heavy atom. The first-order valence-electron chi connectivity index (χ1n) is 23.1. The number of amides is 1. The van der Waals surface area contributed by atoms with Crippen LogP contribution in [0.4, 0.5) is 14.9 Å². The summed E-state index contributed by atoms with van der Waals surface area (Å²) in [5.74, 6) is -4.07. The van der Waals surface area contributed by atoms with Crippen LogP contribution in [0.2, 0.25) is 18.1 Å². The zero-order valence-corrected chi connectivity index (χ0v) is 41.2. The Bertz CT molecular complexity index is 2620. The summed E-state index contributed by atoms with van der Waals surface area (Å²) < 4.78 is 50.2. The number of ketones is 2. The van der Waals surface area contributed by atoms with Crippen molar-refractivity contribution >= 4 is 31.7 Å². The number of ether oxygens (including phenoxy) is 3. The number of hydrogen-bond donors (Lipinski definition) is 2. The van der Waals surface area contributed by atoms with E-state index in [-0.39, 0.29) is 90.0 Å². The van der Waals surface area contributed by atoms with Crippen molar-refractivity contribution < 1.29 is 47.0 Å². The fourth-order valence-corrected chi connectivity index (χ4v) is 11.3. The Morgan fingerprint density at radius 1 is 1.01 bits per heavy atom. The molecule has 0 bridgehead atoms. The standard InChI is InChI=1S/C52H63FN4O9Si/c1-12-24-54-41-34-27-32-26-33-37(45(62-28-30-19-15-13-16-20-30)42-38(40(33)53)35(56(8)9)23-25-57(42)49(61)64-50(2,3)4)43(58)36(32)46(59)52(34,66-67(10,11)51(5,6)7)47(60)39-44(41)65-55-48(39)63-29-31-21-17-14-18-22-31/h12-22,32,34-35,41,54,59H,1,23-29H2,2-11H3/t32-,34-,35?,41-,52-/m0/s1. The van der Waals surface area contributed by atoms with Crippen LogP contribution in [-0.4, -0.2) is 79.5 Å². The molecule has 1 aromatic heterocycles. The SMILES string of the molecule is C=CCN[C@@H]1c2onc(OCc3ccccc3)c2C(=O)[C@@]2(O[Si](C)(C)C(C)(C)C)C(O)=C3C(=O)c4c(c(F)c5c(c4OCc4ccccc4)N(C(=O)OC(C)(C)C)CCC5N(C)C)C[C@H]3C[C@@H]12. The highest BCUT2D eigenvalue weighted by Crippen LogP contribution is 2.60. The molecular formula is C52H63FN4O9Si. The summed E-state index contributed by atoms with van der Waals surface area (Å²) in [4.78, 5) is 49.2. The van der Waals surface area contributed by atoms with Gasteiger partial charge in [-0.15, -0.1) is 6.58 Å². The van der Waals surface area contributed by atoms with Crippen LogP contribution in [-0.2, 0) is 28.8 Å². The van der Waals surface area contributed by atoms with Gasteiger partial charge in [0, 0.05) is 41.7 Å². The molecule has 1 aliphatic heterocycles. The largest absolute Gasteiger partial charge is 0.508 e. The number of benzene rings is 3. The molecule has 0 saturated carbocycles. The van der Waals surface area contributed by atoms with Crippen molar-refractivity contribution in [2.45, 2.75) is 115 Å². The van der Waals surface area contributed by atoms with Crippen molar-refractivity contribution in [3.63, 3.8) is 0 Å². The van der Waals surface area contributed by atoms with E-state index in [4.69, 9.17) is 23.2 Å². The number of hydrogen-bond acceptors (Lipinski definition) is 12. The molecule has 1 amide bonds. The number of aromatic nitrogens is 1. The lowest BCUT2D eigenvalue weighted by Crippen LogP contribution is -2.65. The molecule has 8 rings (SSSR count). The Balaban J connectivity index is 1.38. The molecule has 0 saturated heterocycles. The third-order valence-electron chi connectivity index (χ3n) is 14.1. The van der Waals surface area contributed by atoms with Crippen molar-refractivity contribution in [3.05, 3.63) is 130 Å². The van der Waals surface area contributed by atoms with E-state index >= 15 is 14.0 Å². The summed E-state index contributed by atoms with van der Waals surface area (Å²) in [7, 11) is 0.638. The Morgan fingerprint density at radius 3 is 2.22 bits per heavy atom. The molecule has 0 spiro atoms. The molecule has 0 fully saturated rings. The van der Waals surface area contributed by atoms with Crippen LogP contribution in [0.15, 0.2) is 89.2 Å². The van der Waals surface area contributed by atoms with Gasteiger partial charge in [0.25, 0.3) is 5.88 Å². The van der Waals surface area contributed by atoms with E-state index in [0.29, 0.717) is 6.42 Å². The maximum Gasteiger partial charge on any atom is 0.414 e. The average molecular weight is 935 g/mol. The lowest BCUT2D eigenvalue weighted by molar-refractivity contribution is -0.0319. The van der Waals surface area contributed by atoms with Gasteiger partial charge < -0.3 is 38.5 Å². The molecule has 13 nitrogen and oxygen atoms in total. The molecule has 3 aromatic carbocycles. The van der Waals surface area contributed by atoms with Gasteiger partial charge in [0.1, 0.15) is 36.0 Å². The second-order valence-electron chi connectivity index (χ2n) is 20.9. The highest BCUT2D eigenvalue weighted by atomic mass is 28.4. The topological polar surface area (TPSA) is 153 Å². The minimum atomic E-state index is -3.06. The van der Waals surface area contributed by atoms with Crippen molar-refractivity contribution in [2.75, 3.05) is 32.1 Å². The highest BCUT2D eigenvalue weighted by Gasteiger charge is 2.67. The predicted molar refractivity (Wildman–Crippen MR) is 255 cm³/mol. The van der Waals surface area contributed by atoms with Crippen LogP contribution in [0, 0.1) is 17.7 Å². The van der Waals surface area contributed by atoms with E-state index in [2.05, 4.69) is 17.1 Å². The molecule has 356 valence electrons. The quantitative estimate of drug-likeness (QED) is 0.103. The van der Waals surface area contributed by atoms with Crippen LogP contribution >= 0.6 is 0 Å². The zero-order valence-electron chi connectivity index (χ0n) is 40.2. The van der Waals surface area contributed by atoms with Gasteiger partial charge >= 0.3 is 6.09 Å². The van der Waals surface area contributed by atoms with Crippen LogP contribution < -0.4 is 19.7 Å². The van der Waals surface area contributed by atoms with E-state index < -0.39 is 77.7 Å². The van der Waals surface area contributed by atoms with Crippen molar-refractivity contribution in [1.82, 2.24) is 15.4 Å². The lowest BCUT2D eigenvalue weighted by Gasteiger charge is -2.54. The molecular weight excluding hydrogens is 872 g/mol. The number of carbonyl (C=O) groups is 3. The van der Waals surface area contributed by atoms with Gasteiger partial charge in [-0.2, -0.15) is 0 Å². The van der Waals surface area contributed by atoms with E-state index in [1.807, 2.05) is 114 Å². The van der Waals surface area contributed by atoms with Gasteiger partial charge in [0.15, 0.2) is 31.2 Å². The number of anilines is 1. The first-order valence-corrected chi connectivity index (χ1v) is 26.0. The van der Waals surface area contributed by atoms with E-state index in [1.54, 1.807) is 26.8 Å². The Labute approximate surface area is 393 Å². The number of carbonyl (C=O) groups excluding carboxylic acids is 3. The molecule has 1 unspecified atom stereocenters. The first kappa shape index (κ1) is 47.9. The van der Waals surface area contributed by atoms with Crippen LogP contribution in [0.5, 0.6) is 11.6 Å². The van der Waals surface area contributed by atoms with Gasteiger partial charge in [-0.1, -0.05) is 87.5 Å². The minimum absolute atomic E-state index is 0.00330. The molecule has 15 heteroatoms. The number of halogens is 1. The van der Waals surface area contributed by atoms with Crippen LogP contribution in [0.25, 0.3) is 0 Å². The highest BCUT2D eigenvalue weighted by molar-refractivity contribution is 6.74. The number of Topliss-reactive ketones (excluding diaryl/α,β-unsaturated/α-hetero) is 2. The maximum absolute atomic E-state index is 18.0. The zero-order chi connectivity index (χ0) is 48.4. The van der Waals surface area contributed by atoms with Crippen molar-refractivity contribution in [2.24, 2.45) is 11.8 Å². The molecule has 2 N–H and O–H groups in total. The van der Waals surface area contributed by atoms with Crippen LogP contribution in [0.3, 0.4) is 0 Å². The molecule has 2 heterocycles. The maximum atomic E-state index is 18.0. The van der Waals surface area contributed by atoms with Crippen molar-refractivity contribution in [1.29, 1.82) is 0 Å². The van der Waals surface area contributed by atoms with Gasteiger partial charge in [-0.3, -0.25) is 14.5 Å². The fraction of sp³-hybridized carbons (Fsp3) is 0.462. The number of rotatable bonds is 12. The summed E-state index contributed by atoms with van der Waals surface area (Å²) in [6.07, 6.45) is 1.41. The fourth-order valence-electron chi connectivity index (χ4n) is 9.89. The summed E-state index contributed by atoms with van der Waals surface area (Å²) >= 11 is 0. The molecule has 4 aliphatic rings. The Hall–Kier alpha value is -5.61. The normalized spacial score (nSPS) is 22.7. The van der Waals surface area contributed by atoms with Gasteiger partial charge in [-0.05, 0) is 94.5 Å². The lowest BCUT2D eigenvalue weighted by atomic mass is 9.58. The number of aliphatic hydroxyl groups excluding tert-OH is 1. The van der Waals surface area contributed by atoms with Crippen molar-refractivity contribution in [3.8, 4) is 11.6 Å². The summed E-state index contributed by atoms with van der Waals surface area (Å²) in [6, 6.07) is 17.5. The minimum Gasteiger partial charge on any atom is -0.508 e. The second kappa shape index (κ2) is 17.8. The third-order valence-corrected chi connectivity index (χ3v) is 18.5. The molecule has 0 radical (unpaired) electrons.